The molecule has 3 unspecified atom stereocenters. The molecule has 0 aliphatic carbocycles. The molecule has 0 aliphatic heterocycles. The van der Waals surface area contributed by atoms with Crippen LogP contribution in [-0.4, -0.2) is 68.5 Å². The zero-order chi connectivity index (χ0) is 31.5. The second-order valence-electron chi connectivity index (χ2n) is 11.8. The molecule has 0 aliphatic rings. The largest absolute Gasteiger partial charge is 0.756 e. The predicted molar refractivity (Wildman–Crippen MR) is 173 cm³/mol. The Balaban J connectivity index is 4.68. The van der Waals surface area contributed by atoms with E-state index < -0.39 is 20.0 Å². The molecule has 0 bridgehead atoms. The number of hydrogen-bond acceptors (Lipinski definition) is 6. The van der Waals surface area contributed by atoms with Gasteiger partial charge in [-0.2, -0.15) is 0 Å². The van der Waals surface area contributed by atoms with Crippen molar-refractivity contribution >= 4 is 13.7 Å². The quantitative estimate of drug-likeness (QED) is 0.0459. The van der Waals surface area contributed by atoms with Crippen LogP contribution in [0, 0.1) is 0 Å². The summed E-state index contributed by atoms with van der Waals surface area (Å²) in [7, 11) is 1.24. The lowest BCUT2D eigenvalue weighted by molar-refractivity contribution is -0.870. The Kier molecular flexibility index (Phi) is 25.0. The maximum Gasteiger partial charge on any atom is 0.268 e. The lowest BCUT2D eigenvalue weighted by atomic mass is 10.0. The molecule has 0 spiro atoms. The molecule has 0 saturated carbocycles. The van der Waals surface area contributed by atoms with Crippen molar-refractivity contribution in [1.29, 1.82) is 0 Å². The Morgan fingerprint density at radius 2 is 1.40 bits per heavy atom. The lowest BCUT2D eigenvalue weighted by Gasteiger charge is -2.30. The summed E-state index contributed by atoms with van der Waals surface area (Å²) in [6, 6.07) is -0.834. The van der Waals surface area contributed by atoms with Gasteiger partial charge >= 0.3 is 0 Å². The van der Waals surface area contributed by atoms with E-state index in [1.54, 1.807) is 0 Å². The average molecular weight is 613 g/mol. The molecule has 0 radical (unpaired) electrons. The normalized spacial score (nSPS) is 15.7. The highest BCUT2D eigenvalue weighted by atomic mass is 31.2. The number of phosphoric acid groups is 1. The summed E-state index contributed by atoms with van der Waals surface area (Å²) in [5.41, 5.74) is 0. The van der Waals surface area contributed by atoms with Gasteiger partial charge in [0.25, 0.3) is 7.82 Å². The third-order valence-electron chi connectivity index (χ3n) is 6.59. The summed E-state index contributed by atoms with van der Waals surface area (Å²) >= 11 is 0. The highest BCUT2D eigenvalue weighted by Crippen LogP contribution is 2.38. The molecule has 9 heteroatoms. The maximum atomic E-state index is 12.6. The molecule has 0 heterocycles. The molecule has 3 atom stereocenters. The molecule has 0 rings (SSSR count). The maximum absolute atomic E-state index is 12.6. The smallest absolute Gasteiger partial charge is 0.268 e. The second-order valence-corrected chi connectivity index (χ2v) is 13.2. The topological polar surface area (TPSA) is 108 Å². The average Bonchev–Trinajstić information content (AvgIpc) is 2.92. The van der Waals surface area contributed by atoms with Crippen molar-refractivity contribution in [3.63, 3.8) is 0 Å². The standard InChI is InChI=1S/C33H61N2O6P/c1-6-8-10-12-14-15-16-17-18-19-21-23-25-27-33(37)34-31(32(36)26-24-22-20-13-11-9-7-2)30-41-42(38,39)40-29-28-35(3,4)5/h8,10,14-15,17-18,21,23,31-32,36H,6-7,9,11-13,16,19-20,22,24-30H2,1-5H3,(H-,34,37,38,39)/b10-8-,15-14-,18-17-,23-21-. The van der Waals surface area contributed by atoms with Crippen LogP contribution >= 0.6 is 7.82 Å². The van der Waals surface area contributed by atoms with Crippen LogP contribution in [0.15, 0.2) is 48.6 Å². The van der Waals surface area contributed by atoms with Crippen molar-refractivity contribution < 1.29 is 32.9 Å². The predicted octanol–water partition coefficient (Wildman–Crippen LogP) is 6.77. The molecule has 0 aromatic heterocycles. The van der Waals surface area contributed by atoms with E-state index in [0.717, 1.165) is 44.9 Å². The minimum Gasteiger partial charge on any atom is -0.756 e. The molecular weight excluding hydrogens is 551 g/mol. The third-order valence-corrected chi connectivity index (χ3v) is 7.56. The Morgan fingerprint density at radius 1 is 0.857 bits per heavy atom. The van der Waals surface area contributed by atoms with E-state index in [1.807, 2.05) is 33.3 Å². The molecule has 0 fully saturated rings. The van der Waals surface area contributed by atoms with Crippen LogP contribution in [0.2, 0.25) is 0 Å². The van der Waals surface area contributed by atoms with Crippen molar-refractivity contribution in [2.75, 3.05) is 40.9 Å². The third kappa shape index (κ3) is 27.3. The number of aliphatic hydroxyl groups is 1. The van der Waals surface area contributed by atoms with E-state index in [1.165, 1.54) is 25.7 Å². The van der Waals surface area contributed by atoms with Crippen LogP contribution in [-0.2, 0) is 18.4 Å². The van der Waals surface area contributed by atoms with Gasteiger partial charge in [0, 0.05) is 6.42 Å². The van der Waals surface area contributed by atoms with Gasteiger partial charge in [0.05, 0.1) is 39.9 Å². The number of hydrogen-bond donors (Lipinski definition) is 2. The van der Waals surface area contributed by atoms with Crippen molar-refractivity contribution in [3.8, 4) is 0 Å². The summed E-state index contributed by atoms with van der Waals surface area (Å²) < 4.78 is 22.9. The first-order valence-corrected chi connectivity index (χ1v) is 17.4. The molecule has 0 aromatic rings. The zero-order valence-corrected chi connectivity index (χ0v) is 28.1. The van der Waals surface area contributed by atoms with Gasteiger partial charge in [-0.25, -0.2) is 0 Å². The number of nitrogens with one attached hydrogen (secondary N) is 1. The summed E-state index contributed by atoms with van der Waals surface area (Å²) in [6.07, 6.45) is 28.6. The molecular formula is C33H61N2O6P. The number of quaternary nitrogens is 1. The van der Waals surface area contributed by atoms with Crippen LogP contribution in [0.5, 0.6) is 0 Å². The summed E-state index contributed by atoms with van der Waals surface area (Å²) in [4.78, 5) is 24.9. The number of phosphoric ester groups is 1. The van der Waals surface area contributed by atoms with Gasteiger partial charge in [0.2, 0.25) is 5.91 Å². The van der Waals surface area contributed by atoms with Crippen molar-refractivity contribution in [3.05, 3.63) is 48.6 Å². The van der Waals surface area contributed by atoms with Gasteiger partial charge in [-0.1, -0.05) is 107 Å². The molecule has 1 amide bonds. The van der Waals surface area contributed by atoms with Gasteiger partial charge in [-0.3, -0.25) is 9.36 Å². The van der Waals surface area contributed by atoms with Crippen LogP contribution in [0.3, 0.4) is 0 Å². The van der Waals surface area contributed by atoms with Gasteiger partial charge < -0.3 is 28.8 Å². The van der Waals surface area contributed by atoms with Crippen LogP contribution in [0.4, 0.5) is 0 Å². The fourth-order valence-electron chi connectivity index (χ4n) is 3.99. The van der Waals surface area contributed by atoms with Crippen LogP contribution in [0.25, 0.3) is 0 Å². The Labute approximate surface area is 257 Å². The molecule has 2 N–H and O–H groups in total. The summed E-state index contributed by atoms with van der Waals surface area (Å²) in [6.45, 7) is 4.44. The monoisotopic (exact) mass is 612 g/mol. The van der Waals surface area contributed by atoms with Crippen molar-refractivity contribution in [2.45, 2.75) is 116 Å². The number of rotatable bonds is 27. The van der Waals surface area contributed by atoms with E-state index in [9.17, 15) is 19.4 Å². The number of amides is 1. The lowest BCUT2D eigenvalue weighted by Crippen LogP contribution is -2.46. The first kappa shape index (κ1) is 40.5. The Hall–Kier alpha value is -1.54. The number of nitrogens with zero attached hydrogens (tertiary/aromatic N) is 1. The molecule has 244 valence electrons. The molecule has 42 heavy (non-hydrogen) atoms. The van der Waals surface area contributed by atoms with E-state index >= 15 is 0 Å². The summed E-state index contributed by atoms with van der Waals surface area (Å²) in [5.74, 6) is -0.253. The van der Waals surface area contributed by atoms with Crippen LogP contribution in [0.1, 0.15) is 104 Å². The first-order chi connectivity index (χ1) is 20.0. The SMILES string of the molecule is CC/C=C\C/C=C\C/C=C\C/C=C\CCC(=O)NC(COP(=O)([O-])OCC[N+](C)(C)C)C(O)CCCCCCCCC. The molecule has 8 nitrogen and oxygen atoms in total. The first-order valence-electron chi connectivity index (χ1n) is 16.0. The van der Waals surface area contributed by atoms with Crippen LogP contribution < -0.4 is 10.2 Å². The minimum atomic E-state index is -4.56. The van der Waals surface area contributed by atoms with E-state index in [0.29, 0.717) is 23.9 Å². The molecule has 0 aromatic carbocycles. The summed E-state index contributed by atoms with van der Waals surface area (Å²) in [5, 5.41) is 13.6. The number of allylic oxidation sites excluding steroid dienone is 8. The fourth-order valence-corrected chi connectivity index (χ4v) is 4.71. The van der Waals surface area contributed by atoms with Gasteiger partial charge in [0.15, 0.2) is 0 Å². The number of unbranched alkanes of at least 4 members (excludes halogenated alkanes) is 6. The van der Waals surface area contributed by atoms with Crippen molar-refractivity contribution in [1.82, 2.24) is 5.32 Å². The Morgan fingerprint density at radius 3 is 1.98 bits per heavy atom. The van der Waals surface area contributed by atoms with Gasteiger partial charge in [0.1, 0.15) is 13.2 Å². The van der Waals surface area contributed by atoms with E-state index in [-0.39, 0.29) is 25.5 Å². The van der Waals surface area contributed by atoms with Crippen molar-refractivity contribution in [2.24, 2.45) is 0 Å². The number of carbonyl (C=O) groups is 1. The fraction of sp³-hybridized carbons (Fsp3) is 0.727. The molecule has 0 saturated heterocycles. The minimum absolute atomic E-state index is 0.00322. The number of aliphatic hydroxyl groups excluding tert-OH is 1. The van der Waals surface area contributed by atoms with Gasteiger partial charge in [-0.05, 0) is 38.5 Å². The number of likely N-dealkylation sites (N-methyl/N-ethyl adjacent to an activating group) is 1. The van der Waals surface area contributed by atoms with Gasteiger partial charge in [-0.15, -0.1) is 0 Å². The second kappa shape index (κ2) is 25.9. The van der Waals surface area contributed by atoms with E-state index in [4.69, 9.17) is 9.05 Å². The highest BCUT2D eigenvalue weighted by Gasteiger charge is 2.24. The zero-order valence-electron chi connectivity index (χ0n) is 27.2. The van der Waals surface area contributed by atoms with E-state index in [2.05, 4.69) is 55.6 Å². The highest BCUT2D eigenvalue weighted by molar-refractivity contribution is 7.45. The number of carbonyl (C=O) groups excluding carboxylic acids is 1. The Bertz CT molecular complexity index is 835.